The second-order valence-electron chi connectivity index (χ2n) is 5.23. The maximum atomic E-state index is 11.5. The van der Waals surface area contributed by atoms with Crippen LogP contribution in [0, 0.1) is 0 Å². The smallest absolute Gasteiger partial charge is 0.358 e. The number of carboxylic acids is 1. The van der Waals surface area contributed by atoms with E-state index >= 15 is 0 Å². The summed E-state index contributed by atoms with van der Waals surface area (Å²) in [6, 6.07) is 12.3. The molecular formula is C19H16BrCl2NO4. The Morgan fingerprint density at radius 2 is 2.00 bits per heavy atom. The first-order valence-corrected chi connectivity index (χ1v) is 9.43. The van der Waals surface area contributed by atoms with E-state index in [4.69, 9.17) is 32.8 Å². The monoisotopic (exact) mass is 471 g/mol. The molecule has 2 aromatic rings. The molecule has 5 nitrogen and oxygen atoms in total. The molecule has 0 aliphatic rings. The van der Waals surface area contributed by atoms with E-state index < -0.39 is 5.97 Å². The first kappa shape index (κ1) is 21.3. The van der Waals surface area contributed by atoms with Crippen molar-refractivity contribution in [1.29, 1.82) is 0 Å². The van der Waals surface area contributed by atoms with E-state index in [9.17, 15) is 9.90 Å². The van der Waals surface area contributed by atoms with Gasteiger partial charge < -0.3 is 14.7 Å². The van der Waals surface area contributed by atoms with Crippen molar-refractivity contribution < 1.29 is 19.5 Å². The molecule has 142 valence electrons. The maximum Gasteiger partial charge on any atom is 0.358 e. The van der Waals surface area contributed by atoms with Crippen molar-refractivity contribution in [3.63, 3.8) is 0 Å². The summed E-state index contributed by atoms with van der Waals surface area (Å²) in [6.45, 7) is 2.15. The Morgan fingerprint density at radius 3 is 2.63 bits per heavy atom. The van der Waals surface area contributed by atoms with Crippen LogP contribution in [0.25, 0.3) is 6.08 Å². The van der Waals surface area contributed by atoms with Gasteiger partial charge in [-0.2, -0.15) is 0 Å². The summed E-state index contributed by atoms with van der Waals surface area (Å²) in [6.07, 6.45) is 1.61. The third-order valence-corrected chi connectivity index (χ3v) is 4.21. The molecule has 27 heavy (non-hydrogen) atoms. The zero-order valence-corrected chi connectivity index (χ0v) is 17.4. The lowest BCUT2D eigenvalue weighted by Crippen LogP contribution is -2.18. The van der Waals surface area contributed by atoms with E-state index in [1.807, 2.05) is 6.07 Å². The normalized spacial score (nSPS) is 11.0. The maximum absolute atomic E-state index is 11.5. The predicted molar refractivity (Wildman–Crippen MR) is 110 cm³/mol. The number of ether oxygens (including phenoxy) is 1. The highest BCUT2D eigenvalue weighted by Gasteiger charge is 2.18. The first-order chi connectivity index (χ1) is 12.9. The molecule has 0 aliphatic heterocycles. The standard InChI is InChI=1S/C19H16BrCl2NO4/c1-2-27-23-18(19(24)25)14-6-4-3-5-13(14)11-26-16-8-7-12(9-15(16)20)10-17(21)22/h3-10H,2,11H2,1H3,(H,24,25). The number of hydrogen-bond acceptors (Lipinski definition) is 4. The van der Waals surface area contributed by atoms with Gasteiger partial charge in [-0.15, -0.1) is 0 Å². The van der Waals surface area contributed by atoms with Gasteiger partial charge in [0.25, 0.3) is 0 Å². The Balaban J connectivity index is 2.24. The molecule has 2 rings (SSSR count). The molecule has 0 saturated carbocycles. The molecule has 0 aliphatic carbocycles. The summed E-state index contributed by atoms with van der Waals surface area (Å²) in [5.74, 6) is -0.586. The van der Waals surface area contributed by atoms with Crippen LogP contribution in [0.15, 0.2) is 56.6 Å². The Bertz CT molecular complexity index is 880. The van der Waals surface area contributed by atoms with Gasteiger partial charge in [-0.05, 0) is 52.2 Å². The Kier molecular flexibility index (Phi) is 8.16. The number of halogens is 3. The van der Waals surface area contributed by atoms with Gasteiger partial charge in [0, 0.05) is 5.56 Å². The third-order valence-electron chi connectivity index (χ3n) is 3.37. The second-order valence-corrected chi connectivity index (χ2v) is 7.09. The fourth-order valence-electron chi connectivity index (χ4n) is 2.22. The molecule has 0 unspecified atom stereocenters. The van der Waals surface area contributed by atoms with Crippen LogP contribution < -0.4 is 4.74 Å². The number of nitrogens with zero attached hydrogens (tertiary/aromatic N) is 1. The quantitative estimate of drug-likeness (QED) is 0.399. The molecule has 0 atom stereocenters. The van der Waals surface area contributed by atoms with E-state index in [-0.39, 0.29) is 23.4 Å². The van der Waals surface area contributed by atoms with Crippen molar-refractivity contribution in [3.8, 4) is 5.75 Å². The van der Waals surface area contributed by atoms with Gasteiger partial charge in [0.05, 0.1) is 4.47 Å². The lowest BCUT2D eigenvalue weighted by molar-refractivity contribution is -0.129. The van der Waals surface area contributed by atoms with Gasteiger partial charge in [-0.1, -0.05) is 58.7 Å². The van der Waals surface area contributed by atoms with Crippen LogP contribution in [0.3, 0.4) is 0 Å². The van der Waals surface area contributed by atoms with Crippen LogP contribution in [0.4, 0.5) is 0 Å². The van der Waals surface area contributed by atoms with Crippen LogP contribution in [-0.2, 0) is 16.2 Å². The summed E-state index contributed by atoms with van der Waals surface area (Å²) in [5.41, 5.74) is 1.74. The molecular weight excluding hydrogens is 457 g/mol. The average molecular weight is 473 g/mol. The highest BCUT2D eigenvalue weighted by molar-refractivity contribution is 9.10. The highest BCUT2D eigenvalue weighted by atomic mass is 79.9. The van der Waals surface area contributed by atoms with Crippen LogP contribution in [0.5, 0.6) is 5.75 Å². The van der Waals surface area contributed by atoms with Gasteiger partial charge in [0.2, 0.25) is 0 Å². The number of aliphatic carboxylic acids is 1. The van der Waals surface area contributed by atoms with Crippen molar-refractivity contribution in [1.82, 2.24) is 0 Å². The topological polar surface area (TPSA) is 68.1 Å². The molecule has 8 heteroatoms. The minimum absolute atomic E-state index is 0.151. The number of hydrogen-bond donors (Lipinski definition) is 1. The average Bonchev–Trinajstić information content (AvgIpc) is 2.61. The minimum atomic E-state index is -1.17. The number of rotatable bonds is 8. The molecule has 0 radical (unpaired) electrons. The van der Waals surface area contributed by atoms with E-state index in [1.165, 1.54) is 0 Å². The molecule has 0 amide bonds. The SMILES string of the molecule is CCON=C(C(=O)O)c1ccccc1COc1ccc(C=C(Cl)Cl)cc1Br. The van der Waals surface area contributed by atoms with Crippen molar-refractivity contribution in [2.24, 2.45) is 5.16 Å². The minimum Gasteiger partial charge on any atom is -0.488 e. The van der Waals surface area contributed by atoms with Crippen LogP contribution in [0.1, 0.15) is 23.6 Å². The van der Waals surface area contributed by atoms with E-state index in [2.05, 4.69) is 21.1 Å². The molecule has 0 fully saturated rings. The fraction of sp³-hybridized carbons (Fsp3) is 0.158. The van der Waals surface area contributed by atoms with Gasteiger partial charge in [0.1, 0.15) is 23.5 Å². The highest BCUT2D eigenvalue weighted by Crippen LogP contribution is 2.28. The summed E-state index contributed by atoms with van der Waals surface area (Å²) in [4.78, 5) is 16.5. The van der Waals surface area contributed by atoms with E-state index in [1.54, 1.807) is 49.4 Å². The molecule has 0 heterocycles. The largest absolute Gasteiger partial charge is 0.488 e. The Morgan fingerprint density at radius 1 is 1.26 bits per heavy atom. The number of oxime groups is 1. The molecule has 1 N–H and O–H groups in total. The van der Waals surface area contributed by atoms with Crippen molar-refractivity contribution in [2.45, 2.75) is 13.5 Å². The predicted octanol–water partition coefficient (Wildman–Crippen LogP) is 5.63. The number of carbonyl (C=O) groups is 1. The van der Waals surface area contributed by atoms with Gasteiger partial charge >= 0.3 is 5.97 Å². The lowest BCUT2D eigenvalue weighted by Gasteiger charge is -2.12. The third kappa shape index (κ3) is 6.27. The summed E-state index contributed by atoms with van der Waals surface area (Å²) in [7, 11) is 0. The molecule has 0 saturated heterocycles. The van der Waals surface area contributed by atoms with Crippen LogP contribution >= 0.6 is 39.1 Å². The Hall–Kier alpha value is -2.02. The molecule has 0 spiro atoms. The zero-order valence-electron chi connectivity index (χ0n) is 14.3. The summed E-state index contributed by atoms with van der Waals surface area (Å²) in [5, 5.41) is 13.1. The zero-order chi connectivity index (χ0) is 19.8. The summed E-state index contributed by atoms with van der Waals surface area (Å²) < 4.78 is 6.70. The molecule has 0 aromatic heterocycles. The van der Waals surface area contributed by atoms with Crippen molar-refractivity contribution >= 4 is 56.9 Å². The van der Waals surface area contributed by atoms with E-state index in [0.717, 1.165) is 5.56 Å². The number of carboxylic acid groups (broad SMARTS) is 1. The number of benzene rings is 2. The van der Waals surface area contributed by atoms with Gasteiger partial charge in [0.15, 0.2) is 5.71 Å². The first-order valence-electron chi connectivity index (χ1n) is 7.89. The van der Waals surface area contributed by atoms with E-state index in [0.29, 0.717) is 21.3 Å². The molecule has 2 aromatic carbocycles. The van der Waals surface area contributed by atoms with Crippen LogP contribution in [-0.4, -0.2) is 23.4 Å². The van der Waals surface area contributed by atoms with Gasteiger partial charge in [-0.25, -0.2) is 4.79 Å². The summed E-state index contributed by atoms with van der Waals surface area (Å²) >= 11 is 14.8. The van der Waals surface area contributed by atoms with Crippen LogP contribution in [0.2, 0.25) is 0 Å². The Labute approximate surface area is 175 Å². The van der Waals surface area contributed by atoms with Crippen molar-refractivity contribution in [3.05, 3.63) is 68.1 Å². The second kappa shape index (κ2) is 10.3. The fourth-order valence-corrected chi connectivity index (χ4v) is 2.98. The van der Waals surface area contributed by atoms with Crippen molar-refractivity contribution in [2.75, 3.05) is 6.61 Å². The lowest BCUT2D eigenvalue weighted by atomic mass is 10.0. The molecule has 0 bridgehead atoms. The van der Waals surface area contributed by atoms with Gasteiger partial charge in [-0.3, -0.25) is 0 Å².